The summed E-state index contributed by atoms with van der Waals surface area (Å²) in [6.45, 7) is 2.40. The van der Waals surface area contributed by atoms with E-state index >= 15 is 0 Å². The van der Waals surface area contributed by atoms with E-state index < -0.39 is 0 Å². The minimum Gasteiger partial charge on any atom is -0.325 e. The Morgan fingerprint density at radius 1 is 1.27 bits per heavy atom. The maximum atomic E-state index is 12.1. The van der Waals surface area contributed by atoms with Crippen LogP contribution in [0.1, 0.15) is 23.6 Å². The van der Waals surface area contributed by atoms with Crippen LogP contribution >= 0.6 is 22.9 Å². The Labute approximate surface area is 139 Å². The van der Waals surface area contributed by atoms with Crippen LogP contribution in [0.25, 0.3) is 0 Å². The van der Waals surface area contributed by atoms with E-state index in [2.05, 4.69) is 27.7 Å². The second-order valence-corrected chi connectivity index (χ2v) is 7.04. The second kappa shape index (κ2) is 7.27. The van der Waals surface area contributed by atoms with Crippen LogP contribution in [-0.2, 0) is 4.79 Å². The van der Waals surface area contributed by atoms with Crippen LogP contribution in [0.4, 0.5) is 5.69 Å². The van der Waals surface area contributed by atoms with Gasteiger partial charge in [-0.15, -0.1) is 11.3 Å². The number of benzene rings is 1. The molecule has 116 valence electrons. The van der Waals surface area contributed by atoms with E-state index in [4.69, 9.17) is 11.6 Å². The summed E-state index contributed by atoms with van der Waals surface area (Å²) in [6, 6.07) is 11.6. The first-order chi connectivity index (χ1) is 10.7. The molecular formula is C17H19ClN2OS. The summed E-state index contributed by atoms with van der Waals surface area (Å²) in [5.41, 5.74) is 0.756. The number of nitrogens with zero attached hydrogens (tertiary/aromatic N) is 1. The van der Waals surface area contributed by atoms with Gasteiger partial charge in [-0.2, -0.15) is 0 Å². The van der Waals surface area contributed by atoms with Crippen LogP contribution in [0.5, 0.6) is 0 Å². The third kappa shape index (κ3) is 4.09. The monoisotopic (exact) mass is 334 g/mol. The standard InChI is InChI=1S/C17H19ClN2OS/c18-14-3-1-4-15(11-14)19-17(21)12-20-8-6-13(7-9-20)16-5-2-10-22-16/h1-5,10-11,13H,6-9,12H2,(H,19,21). The number of thiophene rings is 1. The van der Waals surface area contributed by atoms with E-state index in [0.29, 0.717) is 17.5 Å². The fourth-order valence-electron chi connectivity index (χ4n) is 2.87. The van der Waals surface area contributed by atoms with Crippen molar-refractivity contribution in [2.75, 3.05) is 25.0 Å². The molecule has 1 N–H and O–H groups in total. The third-order valence-electron chi connectivity index (χ3n) is 4.01. The maximum absolute atomic E-state index is 12.1. The Bertz CT molecular complexity index is 621. The summed E-state index contributed by atoms with van der Waals surface area (Å²) < 4.78 is 0. The average Bonchev–Trinajstić information content (AvgIpc) is 3.02. The number of amides is 1. The fraction of sp³-hybridized carbons (Fsp3) is 0.353. The van der Waals surface area contributed by atoms with E-state index in [1.54, 1.807) is 12.1 Å². The predicted octanol–water partition coefficient (Wildman–Crippen LogP) is 4.22. The van der Waals surface area contributed by atoms with Crippen molar-refractivity contribution in [3.8, 4) is 0 Å². The van der Waals surface area contributed by atoms with Crippen molar-refractivity contribution in [3.05, 3.63) is 51.7 Å². The van der Waals surface area contributed by atoms with Gasteiger partial charge in [0.2, 0.25) is 5.91 Å². The topological polar surface area (TPSA) is 32.3 Å². The molecule has 1 amide bonds. The molecule has 3 nitrogen and oxygen atoms in total. The molecule has 1 aliphatic heterocycles. The number of rotatable bonds is 4. The molecule has 0 aliphatic carbocycles. The first-order valence-electron chi connectivity index (χ1n) is 7.52. The summed E-state index contributed by atoms with van der Waals surface area (Å²) in [5, 5.41) is 5.68. The zero-order valence-corrected chi connectivity index (χ0v) is 13.9. The molecule has 0 bridgehead atoms. The zero-order chi connectivity index (χ0) is 15.4. The second-order valence-electron chi connectivity index (χ2n) is 5.62. The van der Waals surface area contributed by atoms with E-state index in [0.717, 1.165) is 31.6 Å². The highest BCUT2D eigenvalue weighted by Gasteiger charge is 2.22. The SMILES string of the molecule is O=C(CN1CCC(c2cccs2)CC1)Nc1cccc(Cl)c1. The molecule has 0 radical (unpaired) electrons. The first kappa shape index (κ1) is 15.5. The lowest BCUT2D eigenvalue weighted by molar-refractivity contribution is -0.117. The van der Waals surface area contributed by atoms with Gasteiger partial charge in [-0.1, -0.05) is 23.7 Å². The summed E-state index contributed by atoms with van der Waals surface area (Å²) in [4.78, 5) is 15.8. The van der Waals surface area contributed by atoms with E-state index in [9.17, 15) is 4.79 Å². The molecule has 0 spiro atoms. The van der Waals surface area contributed by atoms with Gasteiger partial charge in [-0.3, -0.25) is 9.69 Å². The lowest BCUT2D eigenvalue weighted by atomic mass is 9.95. The van der Waals surface area contributed by atoms with E-state index in [-0.39, 0.29) is 5.91 Å². The molecule has 22 heavy (non-hydrogen) atoms. The highest BCUT2D eigenvalue weighted by molar-refractivity contribution is 7.10. The van der Waals surface area contributed by atoms with Gasteiger partial charge >= 0.3 is 0 Å². The average molecular weight is 335 g/mol. The Morgan fingerprint density at radius 3 is 2.77 bits per heavy atom. The van der Waals surface area contributed by atoms with Gasteiger partial charge in [-0.05, 0) is 61.5 Å². The van der Waals surface area contributed by atoms with E-state index in [1.807, 2.05) is 23.5 Å². The quantitative estimate of drug-likeness (QED) is 0.908. The summed E-state index contributed by atoms with van der Waals surface area (Å²) >= 11 is 7.76. The molecule has 1 aliphatic rings. The molecule has 1 fully saturated rings. The number of halogens is 1. The van der Waals surface area contributed by atoms with Crippen LogP contribution in [-0.4, -0.2) is 30.4 Å². The van der Waals surface area contributed by atoms with Crippen molar-refractivity contribution in [2.24, 2.45) is 0 Å². The number of carbonyl (C=O) groups excluding carboxylic acids is 1. The van der Waals surface area contributed by atoms with Crippen LogP contribution in [0.3, 0.4) is 0 Å². The highest BCUT2D eigenvalue weighted by atomic mass is 35.5. The minimum atomic E-state index is 0.0249. The third-order valence-corrected chi connectivity index (χ3v) is 5.28. The summed E-state index contributed by atoms with van der Waals surface area (Å²) in [6.07, 6.45) is 2.26. The molecule has 0 atom stereocenters. The molecule has 2 aromatic rings. The predicted molar refractivity (Wildman–Crippen MR) is 92.8 cm³/mol. The largest absolute Gasteiger partial charge is 0.325 e. The number of anilines is 1. The van der Waals surface area contributed by atoms with Gasteiger partial charge in [0, 0.05) is 15.6 Å². The van der Waals surface area contributed by atoms with Crippen molar-refractivity contribution in [3.63, 3.8) is 0 Å². The van der Waals surface area contributed by atoms with Crippen molar-refractivity contribution in [2.45, 2.75) is 18.8 Å². The number of nitrogens with one attached hydrogen (secondary N) is 1. The molecule has 5 heteroatoms. The van der Waals surface area contributed by atoms with Crippen LogP contribution in [0.2, 0.25) is 5.02 Å². The lowest BCUT2D eigenvalue weighted by Gasteiger charge is -2.30. The van der Waals surface area contributed by atoms with E-state index in [1.165, 1.54) is 4.88 Å². The highest BCUT2D eigenvalue weighted by Crippen LogP contribution is 2.30. The van der Waals surface area contributed by atoms with Gasteiger partial charge in [0.25, 0.3) is 0 Å². The van der Waals surface area contributed by atoms with Crippen LogP contribution in [0.15, 0.2) is 41.8 Å². The Kier molecular flexibility index (Phi) is 5.13. The number of hydrogen-bond acceptors (Lipinski definition) is 3. The molecule has 1 aromatic carbocycles. The van der Waals surface area contributed by atoms with Gasteiger partial charge in [0.15, 0.2) is 0 Å². The Morgan fingerprint density at radius 2 is 2.09 bits per heavy atom. The molecule has 3 rings (SSSR count). The number of likely N-dealkylation sites (tertiary alicyclic amines) is 1. The van der Waals surface area contributed by atoms with Gasteiger partial charge < -0.3 is 5.32 Å². The first-order valence-corrected chi connectivity index (χ1v) is 8.77. The maximum Gasteiger partial charge on any atom is 0.238 e. The minimum absolute atomic E-state index is 0.0249. The summed E-state index contributed by atoms with van der Waals surface area (Å²) in [5.74, 6) is 0.684. The number of hydrogen-bond donors (Lipinski definition) is 1. The van der Waals surface area contributed by atoms with Crippen LogP contribution in [0, 0.1) is 0 Å². The number of carbonyl (C=O) groups is 1. The Hall–Kier alpha value is -1.36. The lowest BCUT2D eigenvalue weighted by Crippen LogP contribution is -2.38. The smallest absolute Gasteiger partial charge is 0.238 e. The molecule has 0 unspecified atom stereocenters. The van der Waals surface area contributed by atoms with Crippen LogP contribution < -0.4 is 5.32 Å². The molecule has 2 heterocycles. The molecule has 0 saturated carbocycles. The zero-order valence-electron chi connectivity index (χ0n) is 12.3. The van der Waals surface area contributed by atoms with Gasteiger partial charge in [0.05, 0.1) is 6.54 Å². The summed E-state index contributed by atoms with van der Waals surface area (Å²) in [7, 11) is 0. The van der Waals surface area contributed by atoms with Crippen molar-refractivity contribution in [1.82, 2.24) is 4.90 Å². The van der Waals surface area contributed by atoms with Crippen molar-refractivity contribution < 1.29 is 4.79 Å². The number of piperidine rings is 1. The molecule has 1 aromatic heterocycles. The Balaban J connectivity index is 1.47. The normalized spacial score (nSPS) is 16.6. The van der Waals surface area contributed by atoms with Gasteiger partial charge in [-0.25, -0.2) is 0 Å². The van der Waals surface area contributed by atoms with Gasteiger partial charge in [0.1, 0.15) is 0 Å². The fourth-order valence-corrected chi connectivity index (χ4v) is 3.96. The molecular weight excluding hydrogens is 316 g/mol. The molecule has 1 saturated heterocycles. The van der Waals surface area contributed by atoms with Crippen molar-refractivity contribution in [1.29, 1.82) is 0 Å². The van der Waals surface area contributed by atoms with Crippen molar-refractivity contribution >= 4 is 34.5 Å².